The molecule has 1 amide bonds. The van der Waals surface area contributed by atoms with Gasteiger partial charge < -0.3 is 19.4 Å². The van der Waals surface area contributed by atoms with Crippen LogP contribution in [0.5, 0.6) is 0 Å². The van der Waals surface area contributed by atoms with Gasteiger partial charge in [0.15, 0.2) is 0 Å². The van der Waals surface area contributed by atoms with Crippen LogP contribution < -0.4 is 5.32 Å². The lowest BCUT2D eigenvalue weighted by Crippen LogP contribution is -2.47. The van der Waals surface area contributed by atoms with Crippen LogP contribution in [0.4, 0.5) is 0 Å². The maximum atomic E-state index is 13.5. The number of nitrogens with zero attached hydrogens (tertiary/aromatic N) is 1. The summed E-state index contributed by atoms with van der Waals surface area (Å²) < 4.78 is 30.6. The van der Waals surface area contributed by atoms with E-state index in [0.29, 0.717) is 17.4 Å². The zero-order chi connectivity index (χ0) is 49.4. The van der Waals surface area contributed by atoms with Crippen molar-refractivity contribution in [3.63, 3.8) is 0 Å². The van der Waals surface area contributed by atoms with E-state index in [2.05, 4.69) is 38.2 Å². The Morgan fingerprint density at radius 3 is 1.28 bits per heavy atom. The number of allylic oxidation sites excluding steroid dienone is 3. The number of esters is 1. The number of hydrogen-bond donors (Lipinski definition) is 2. The minimum absolute atomic E-state index is 0.0414. The Morgan fingerprint density at radius 1 is 0.507 bits per heavy atom. The average molecular weight is 969 g/mol. The Kier molecular flexibility index (Phi) is 47.0. The van der Waals surface area contributed by atoms with Crippen LogP contribution in [0.25, 0.3) is 0 Å². The standard InChI is InChI=1S/C57H111N2O7P/c1-7-10-13-16-19-22-25-28-31-34-37-40-43-46-49-56(60)58-54(53-65-67(62,63)64-52-51-59(4,5)6)55(48-45-42-39-36-33-30-27-24-21-18-15-12-9-3)66-57(61)50-47-44-41-38-35-32-29-26-23-20-17-14-11-8-2/h32,35,45,48,54-55H,7-31,33-34,36-44,46-47,49-53H2,1-6H3,(H-,58,60,62,63)/p+1/b35-32-,48-45+. The summed E-state index contributed by atoms with van der Waals surface area (Å²) in [6.45, 7) is 7.02. The highest BCUT2D eigenvalue weighted by Gasteiger charge is 2.30. The first kappa shape index (κ1) is 65.5. The van der Waals surface area contributed by atoms with E-state index in [0.717, 1.165) is 70.6 Å². The molecule has 0 aliphatic heterocycles. The van der Waals surface area contributed by atoms with Crippen molar-refractivity contribution in [3.8, 4) is 0 Å². The molecule has 0 aromatic rings. The maximum absolute atomic E-state index is 13.5. The smallest absolute Gasteiger partial charge is 0.456 e. The molecule has 0 rings (SSSR count). The predicted octanol–water partition coefficient (Wildman–Crippen LogP) is 17.0. The Balaban J connectivity index is 5.38. The van der Waals surface area contributed by atoms with Crippen LogP contribution in [0, 0.1) is 0 Å². The van der Waals surface area contributed by atoms with Gasteiger partial charge in [-0.1, -0.05) is 232 Å². The number of likely N-dealkylation sites (N-methyl/N-ethyl adjacent to an activating group) is 1. The van der Waals surface area contributed by atoms with Crippen molar-refractivity contribution in [1.29, 1.82) is 0 Å². The number of quaternary nitrogens is 1. The molecule has 0 radical (unpaired) electrons. The van der Waals surface area contributed by atoms with Gasteiger partial charge in [-0.2, -0.15) is 0 Å². The van der Waals surface area contributed by atoms with E-state index in [9.17, 15) is 19.0 Å². The van der Waals surface area contributed by atoms with Crippen LogP contribution in [0.3, 0.4) is 0 Å². The first-order valence-electron chi connectivity index (χ1n) is 28.7. The second-order valence-corrected chi connectivity index (χ2v) is 22.3. The molecule has 0 aromatic heterocycles. The van der Waals surface area contributed by atoms with Crippen LogP contribution in [0.15, 0.2) is 24.3 Å². The number of amides is 1. The van der Waals surface area contributed by atoms with E-state index >= 15 is 0 Å². The largest absolute Gasteiger partial charge is 0.472 e. The lowest BCUT2D eigenvalue weighted by Gasteiger charge is -2.27. The maximum Gasteiger partial charge on any atom is 0.472 e. The van der Waals surface area contributed by atoms with Crippen molar-refractivity contribution < 1.29 is 37.3 Å². The zero-order valence-corrected chi connectivity index (χ0v) is 46.1. The van der Waals surface area contributed by atoms with Crippen LogP contribution in [-0.2, 0) is 27.9 Å². The van der Waals surface area contributed by atoms with Crippen molar-refractivity contribution in [3.05, 3.63) is 24.3 Å². The van der Waals surface area contributed by atoms with Crippen LogP contribution in [-0.4, -0.2) is 74.3 Å². The Hall–Kier alpha value is -1.51. The van der Waals surface area contributed by atoms with Crippen LogP contribution in [0.2, 0.25) is 0 Å². The summed E-state index contributed by atoms with van der Waals surface area (Å²) in [4.78, 5) is 37.5. The van der Waals surface area contributed by atoms with Gasteiger partial charge in [0, 0.05) is 12.8 Å². The molecule has 0 saturated carbocycles. The second kappa shape index (κ2) is 48.1. The number of ether oxygens (including phenoxy) is 1. The van der Waals surface area contributed by atoms with E-state index in [4.69, 9.17) is 13.8 Å². The SMILES string of the molecule is CCCCCCCCC/C=C\CCCCCC(=O)OC(/C=C/CCCCCCCCCCCCC)C(COP(=O)(O)OCC[N+](C)(C)C)NC(=O)CCCCCCCCCCCCCCCC. The summed E-state index contributed by atoms with van der Waals surface area (Å²) in [5, 5.41) is 3.05. The molecule has 0 saturated heterocycles. The van der Waals surface area contributed by atoms with Crippen molar-refractivity contribution in [1.82, 2.24) is 5.32 Å². The topological polar surface area (TPSA) is 111 Å². The molecule has 0 fully saturated rings. The molecule has 0 aliphatic rings. The highest BCUT2D eigenvalue weighted by molar-refractivity contribution is 7.47. The van der Waals surface area contributed by atoms with Crippen molar-refractivity contribution in [2.75, 3.05) is 40.9 Å². The minimum atomic E-state index is -4.44. The molecular formula is C57H112N2O7P+. The fourth-order valence-corrected chi connectivity index (χ4v) is 9.14. The number of phosphoric ester groups is 1. The Morgan fingerprint density at radius 2 is 0.866 bits per heavy atom. The lowest BCUT2D eigenvalue weighted by atomic mass is 10.0. The fraction of sp³-hybridized carbons (Fsp3) is 0.895. The number of carbonyl (C=O) groups excluding carboxylic acids is 2. The summed E-state index contributed by atoms with van der Waals surface area (Å²) in [6, 6.07) is -0.847. The quantitative estimate of drug-likeness (QED) is 0.0205. The summed E-state index contributed by atoms with van der Waals surface area (Å²) in [6.07, 6.45) is 54.5. The summed E-state index contributed by atoms with van der Waals surface area (Å²) in [5.74, 6) is -0.512. The monoisotopic (exact) mass is 968 g/mol. The molecular weight excluding hydrogens is 856 g/mol. The van der Waals surface area contributed by atoms with E-state index in [-0.39, 0.29) is 31.5 Å². The molecule has 0 aromatic carbocycles. The predicted molar refractivity (Wildman–Crippen MR) is 286 cm³/mol. The Bertz CT molecular complexity index is 1210. The van der Waals surface area contributed by atoms with Crippen molar-refractivity contribution in [2.45, 2.75) is 290 Å². The van der Waals surface area contributed by atoms with Crippen LogP contribution >= 0.6 is 7.82 Å². The fourth-order valence-electron chi connectivity index (χ4n) is 8.41. The van der Waals surface area contributed by atoms with E-state index in [1.807, 2.05) is 33.3 Å². The van der Waals surface area contributed by atoms with E-state index in [1.54, 1.807) is 0 Å². The zero-order valence-electron chi connectivity index (χ0n) is 45.2. The third-order valence-corrected chi connectivity index (χ3v) is 13.9. The molecule has 67 heavy (non-hydrogen) atoms. The molecule has 3 unspecified atom stereocenters. The first-order valence-corrected chi connectivity index (χ1v) is 30.2. The highest BCUT2D eigenvalue weighted by Crippen LogP contribution is 2.43. The van der Waals surface area contributed by atoms with Gasteiger partial charge in [0.2, 0.25) is 5.91 Å². The first-order chi connectivity index (χ1) is 32.4. The van der Waals surface area contributed by atoms with E-state index in [1.165, 1.54) is 173 Å². The number of hydrogen-bond acceptors (Lipinski definition) is 6. The third kappa shape index (κ3) is 49.3. The van der Waals surface area contributed by atoms with Gasteiger partial charge in [-0.15, -0.1) is 0 Å². The molecule has 3 atom stereocenters. The number of unbranched alkanes of at least 4 members (excludes halogenated alkanes) is 34. The summed E-state index contributed by atoms with van der Waals surface area (Å²) in [5.41, 5.74) is 0. The van der Waals surface area contributed by atoms with Crippen molar-refractivity contribution in [2.24, 2.45) is 0 Å². The Labute approximate surface area is 415 Å². The number of nitrogens with one attached hydrogen (secondary N) is 1. The number of rotatable bonds is 52. The lowest BCUT2D eigenvalue weighted by molar-refractivity contribution is -0.870. The summed E-state index contributed by atoms with van der Waals surface area (Å²) >= 11 is 0. The molecule has 0 aliphatic carbocycles. The molecule has 0 bridgehead atoms. The molecule has 396 valence electrons. The third-order valence-electron chi connectivity index (χ3n) is 12.9. The molecule has 0 heterocycles. The van der Waals surface area contributed by atoms with Gasteiger partial charge in [-0.25, -0.2) is 4.57 Å². The van der Waals surface area contributed by atoms with Crippen LogP contribution in [0.1, 0.15) is 278 Å². The van der Waals surface area contributed by atoms with Gasteiger partial charge >= 0.3 is 13.8 Å². The van der Waals surface area contributed by atoms with Gasteiger partial charge in [-0.05, 0) is 57.4 Å². The number of phosphoric acid groups is 1. The highest BCUT2D eigenvalue weighted by atomic mass is 31.2. The van der Waals surface area contributed by atoms with Gasteiger partial charge in [0.25, 0.3) is 0 Å². The van der Waals surface area contributed by atoms with Gasteiger partial charge in [-0.3, -0.25) is 18.6 Å². The van der Waals surface area contributed by atoms with Gasteiger partial charge in [0.05, 0.1) is 33.8 Å². The molecule has 9 nitrogen and oxygen atoms in total. The number of carbonyl (C=O) groups is 2. The molecule has 10 heteroatoms. The minimum Gasteiger partial charge on any atom is -0.456 e. The average Bonchev–Trinajstić information content (AvgIpc) is 3.28. The summed E-state index contributed by atoms with van der Waals surface area (Å²) in [7, 11) is 1.50. The molecule has 2 N–H and O–H groups in total. The van der Waals surface area contributed by atoms with Crippen molar-refractivity contribution >= 4 is 19.7 Å². The molecule has 0 spiro atoms. The van der Waals surface area contributed by atoms with E-state index < -0.39 is 20.0 Å². The second-order valence-electron chi connectivity index (χ2n) is 20.8. The van der Waals surface area contributed by atoms with Gasteiger partial charge in [0.1, 0.15) is 19.3 Å². The normalized spacial score (nSPS) is 14.0.